The summed E-state index contributed by atoms with van der Waals surface area (Å²) in [4.78, 5) is 50.8. The van der Waals surface area contributed by atoms with Crippen LogP contribution in [-0.2, 0) is 9.59 Å². The van der Waals surface area contributed by atoms with Crippen LogP contribution in [-0.4, -0.2) is 68.9 Å². The first-order valence-corrected chi connectivity index (χ1v) is 8.89. The van der Waals surface area contributed by atoms with E-state index in [9.17, 15) is 29.4 Å². The highest BCUT2D eigenvalue weighted by molar-refractivity contribution is 7.15. The summed E-state index contributed by atoms with van der Waals surface area (Å²) in [5, 5.41) is 18.4. The molecule has 0 unspecified atom stereocenters. The fraction of sp³-hybridized carbons (Fsp3) is 0.500. The normalized spacial score (nSPS) is 23.0. The van der Waals surface area contributed by atoms with Crippen LogP contribution < -0.4 is 0 Å². The van der Waals surface area contributed by atoms with Crippen molar-refractivity contribution in [2.24, 2.45) is 0 Å². The molecule has 2 N–H and O–H groups in total. The Bertz CT molecular complexity index is 671. The van der Waals surface area contributed by atoms with Crippen LogP contribution in [0.4, 0.5) is 0 Å². The number of hydrogen-bond donors (Lipinski definition) is 2. The Balaban J connectivity index is 1.76. The lowest BCUT2D eigenvalue weighted by Crippen LogP contribution is -2.40. The molecule has 2 saturated heterocycles. The molecule has 0 radical (unpaired) electrons. The molecule has 2 atom stereocenters. The van der Waals surface area contributed by atoms with Crippen LogP contribution >= 0.6 is 11.3 Å². The zero-order valence-electron chi connectivity index (χ0n) is 13.4. The molecule has 9 heteroatoms. The van der Waals surface area contributed by atoms with E-state index in [4.69, 9.17) is 0 Å². The highest BCUT2D eigenvalue weighted by atomic mass is 32.1. The standard InChI is InChI=1S/C16H18N2O6S/c19-13(17-7-1-3-9(17)15(21)22)11-5-6-12(25-11)14(20)18-8-2-4-10(18)16(23)24/h5-6,9-10H,1-4,7-8H2,(H,21,22)(H,23,24)/t9-,10-/m1/s1. The first kappa shape index (κ1) is 17.4. The van der Waals surface area contributed by atoms with Gasteiger partial charge >= 0.3 is 11.9 Å². The molecule has 25 heavy (non-hydrogen) atoms. The molecule has 2 aliphatic rings. The van der Waals surface area contributed by atoms with E-state index in [1.807, 2.05) is 0 Å². The fourth-order valence-electron chi connectivity index (χ4n) is 3.38. The van der Waals surface area contributed by atoms with Gasteiger partial charge in [-0.15, -0.1) is 11.3 Å². The van der Waals surface area contributed by atoms with Crippen molar-refractivity contribution in [1.29, 1.82) is 0 Å². The highest BCUT2D eigenvalue weighted by Gasteiger charge is 2.37. The maximum Gasteiger partial charge on any atom is 0.326 e. The lowest BCUT2D eigenvalue weighted by atomic mass is 10.2. The maximum absolute atomic E-state index is 12.5. The van der Waals surface area contributed by atoms with Crippen molar-refractivity contribution in [1.82, 2.24) is 9.80 Å². The number of carboxylic acid groups (broad SMARTS) is 2. The summed E-state index contributed by atoms with van der Waals surface area (Å²) < 4.78 is 0. The van der Waals surface area contributed by atoms with Gasteiger partial charge < -0.3 is 20.0 Å². The second-order valence-electron chi connectivity index (χ2n) is 6.15. The highest BCUT2D eigenvalue weighted by Crippen LogP contribution is 2.27. The smallest absolute Gasteiger partial charge is 0.326 e. The molecule has 1 aromatic rings. The number of amides is 2. The fourth-order valence-corrected chi connectivity index (χ4v) is 4.30. The first-order valence-electron chi connectivity index (χ1n) is 8.07. The Labute approximate surface area is 147 Å². The summed E-state index contributed by atoms with van der Waals surface area (Å²) in [7, 11) is 0. The van der Waals surface area contributed by atoms with Crippen molar-refractivity contribution >= 4 is 35.1 Å². The van der Waals surface area contributed by atoms with E-state index < -0.39 is 35.8 Å². The number of rotatable bonds is 4. The van der Waals surface area contributed by atoms with Gasteiger partial charge in [-0.25, -0.2) is 9.59 Å². The molecule has 2 aliphatic heterocycles. The topological polar surface area (TPSA) is 115 Å². The van der Waals surface area contributed by atoms with Gasteiger partial charge in [0.15, 0.2) is 0 Å². The summed E-state index contributed by atoms with van der Waals surface area (Å²) >= 11 is 0.982. The van der Waals surface area contributed by atoms with E-state index in [1.165, 1.54) is 21.9 Å². The second kappa shape index (κ2) is 6.83. The zero-order chi connectivity index (χ0) is 18.1. The molecule has 1 aromatic heterocycles. The molecule has 0 bridgehead atoms. The summed E-state index contributed by atoms with van der Waals surface area (Å²) in [5.74, 6) is -2.85. The van der Waals surface area contributed by atoms with E-state index >= 15 is 0 Å². The van der Waals surface area contributed by atoms with Crippen molar-refractivity contribution in [3.05, 3.63) is 21.9 Å². The SMILES string of the molecule is O=C(O)[C@H]1CCCN1C(=O)c1ccc(C(=O)N2CCC[C@@H]2C(=O)O)s1. The molecule has 0 aliphatic carbocycles. The number of carbonyl (C=O) groups excluding carboxylic acids is 2. The van der Waals surface area contributed by atoms with Gasteiger partial charge in [-0.2, -0.15) is 0 Å². The van der Waals surface area contributed by atoms with Gasteiger partial charge in [0.05, 0.1) is 9.75 Å². The Kier molecular flexibility index (Phi) is 4.76. The van der Waals surface area contributed by atoms with E-state index in [0.29, 0.717) is 48.5 Å². The van der Waals surface area contributed by atoms with Gasteiger partial charge in [-0.1, -0.05) is 0 Å². The quantitative estimate of drug-likeness (QED) is 0.825. The van der Waals surface area contributed by atoms with Crippen LogP contribution in [0.5, 0.6) is 0 Å². The molecule has 0 aromatic carbocycles. The number of hydrogen-bond acceptors (Lipinski definition) is 5. The number of carboxylic acids is 2. The third kappa shape index (κ3) is 3.23. The van der Waals surface area contributed by atoms with Crippen molar-refractivity contribution in [2.75, 3.05) is 13.1 Å². The van der Waals surface area contributed by atoms with Crippen LogP contribution in [0, 0.1) is 0 Å². The van der Waals surface area contributed by atoms with Crippen molar-refractivity contribution in [2.45, 2.75) is 37.8 Å². The third-order valence-electron chi connectivity index (χ3n) is 4.63. The number of likely N-dealkylation sites (tertiary alicyclic amines) is 2. The summed E-state index contributed by atoms with van der Waals surface area (Å²) in [5.41, 5.74) is 0. The van der Waals surface area contributed by atoms with E-state index in [-0.39, 0.29) is 0 Å². The second-order valence-corrected chi connectivity index (χ2v) is 7.24. The minimum atomic E-state index is -1.03. The van der Waals surface area contributed by atoms with E-state index in [0.717, 1.165) is 11.3 Å². The monoisotopic (exact) mass is 366 g/mol. The average Bonchev–Trinajstić information content (AvgIpc) is 3.32. The summed E-state index contributed by atoms with van der Waals surface area (Å²) in [6.07, 6.45) is 2.11. The van der Waals surface area contributed by atoms with Gasteiger partial charge in [0, 0.05) is 13.1 Å². The maximum atomic E-state index is 12.5. The third-order valence-corrected chi connectivity index (χ3v) is 5.69. The number of thiophene rings is 1. The van der Waals surface area contributed by atoms with Gasteiger partial charge in [0.2, 0.25) is 0 Å². The first-order chi connectivity index (χ1) is 11.9. The van der Waals surface area contributed by atoms with Crippen molar-refractivity contribution in [3.8, 4) is 0 Å². The Morgan fingerprint density at radius 3 is 1.60 bits per heavy atom. The minimum absolute atomic E-state index is 0.294. The van der Waals surface area contributed by atoms with Crippen molar-refractivity contribution < 1.29 is 29.4 Å². The zero-order valence-corrected chi connectivity index (χ0v) is 14.2. The molecule has 2 amide bonds. The molecule has 3 rings (SSSR count). The molecule has 0 spiro atoms. The Morgan fingerprint density at radius 1 is 0.840 bits per heavy atom. The molecule has 8 nitrogen and oxygen atoms in total. The Morgan fingerprint density at radius 2 is 1.24 bits per heavy atom. The summed E-state index contributed by atoms with van der Waals surface area (Å²) in [6, 6.07) is 1.35. The van der Waals surface area contributed by atoms with Gasteiger partial charge in [-0.3, -0.25) is 9.59 Å². The van der Waals surface area contributed by atoms with Crippen LogP contribution in [0.1, 0.15) is 45.0 Å². The van der Waals surface area contributed by atoms with Crippen LogP contribution in [0.3, 0.4) is 0 Å². The van der Waals surface area contributed by atoms with Gasteiger partial charge in [0.25, 0.3) is 11.8 Å². The number of carbonyl (C=O) groups is 4. The lowest BCUT2D eigenvalue weighted by molar-refractivity contribution is -0.142. The molecule has 2 fully saturated rings. The minimum Gasteiger partial charge on any atom is -0.480 e. The lowest BCUT2D eigenvalue weighted by Gasteiger charge is -2.21. The average molecular weight is 366 g/mol. The van der Waals surface area contributed by atoms with Gasteiger partial charge in [0.1, 0.15) is 12.1 Å². The predicted octanol–water partition coefficient (Wildman–Crippen LogP) is 1.13. The van der Waals surface area contributed by atoms with E-state index in [1.54, 1.807) is 0 Å². The van der Waals surface area contributed by atoms with Crippen LogP contribution in [0.25, 0.3) is 0 Å². The molecule has 3 heterocycles. The molecule has 134 valence electrons. The molecular weight excluding hydrogens is 348 g/mol. The molecular formula is C16H18N2O6S. The Hall–Kier alpha value is -2.42. The summed E-state index contributed by atoms with van der Waals surface area (Å²) in [6.45, 7) is 0.758. The van der Waals surface area contributed by atoms with Crippen LogP contribution in [0.2, 0.25) is 0 Å². The number of nitrogens with zero attached hydrogens (tertiary/aromatic N) is 2. The van der Waals surface area contributed by atoms with Crippen LogP contribution in [0.15, 0.2) is 12.1 Å². The van der Waals surface area contributed by atoms with Gasteiger partial charge in [-0.05, 0) is 37.8 Å². The largest absolute Gasteiger partial charge is 0.480 e. The number of aliphatic carboxylic acids is 2. The van der Waals surface area contributed by atoms with Crippen molar-refractivity contribution in [3.63, 3.8) is 0 Å². The molecule has 0 saturated carbocycles. The van der Waals surface area contributed by atoms with E-state index in [2.05, 4.69) is 0 Å². The predicted molar refractivity (Wildman–Crippen MR) is 87.7 cm³/mol.